The van der Waals surface area contributed by atoms with Crippen molar-refractivity contribution < 1.29 is 5.11 Å². The number of benzene rings is 1. The second kappa shape index (κ2) is 5.37. The van der Waals surface area contributed by atoms with Crippen LogP contribution in [0.2, 0.25) is 0 Å². The van der Waals surface area contributed by atoms with Crippen molar-refractivity contribution >= 4 is 0 Å². The first-order valence-corrected chi connectivity index (χ1v) is 5.45. The molecule has 0 spiro atoms. The average Bonchev–Trinajstić information content (AvgIpc) is 2.40. The monoisotopic (exact) mass is 226 g/mol. The van der Waals surface area contributed by atoms with Crippen molar-refractivity contribution in [3.8, 4) is 11.4 Å². The zero-order valence-electron chi connectivity index (χ0n) is 9.50. The van der Waals surface area contributed by atoms with Crippen LogP contribution >= 0.6 is 0 Å². The minimum absolute atomic E-state index is 0.0301. The second-order valence-corrected chi connectivity index (χ2v) is 3.77. The first kappa shape index (κ1) is 11.5. The summed E-state index contributed by atoms with van der Waals surface area (Å²) in [5.41, 5.74) is 2.82. The molecule has 2 aromatic rings. The van der Waals surface area contributed by atoms with Crippen molar-refractivity contribution in [3.63, 3.8) is 0 Å². The van der Waals surface area contributed by atoms with Crippen LogP contribution in [0.5, 0.6) is 0 Å². The Kier molecular flexibility index (Phi) is 3.62. The molecule has 3 heteroatoms. The lowest BCUT2D eigenvalue weighted by atomic mass is 10.1. The van der Waals surface area contributed by atoms with Crippen LogP contribution in [-0.4, -0.2) is 15.1 Å². The molecule has 0 amide bonds. The third kappa shape index (κ3) is 2.77. The van der Waals surface area contributed by atoms with E-state index >= 15 is 0 Å². The fourth-order valence-corrected chi connectivity index (χ4v) is 1.58. The summed E-state index contributed by atoms with van der Waals surface area (Å²) < 4.78 is 0. The van der Waals surface area contributed by atoms with Gasteiger partial charge in [-0.15, -0.1) is 6.58 Å². The minimum Gasteiger partial charge on any atom is -0.392 e. The van der Waals surface area contributed by atoms with Crippen LogP contribution in [0.3, 0.4) is 0 Å². The highest BCUT2D eigenvalue weighted by Gasteiger charge is 2.01. The summed E-state index contributed by atoms with van der Waals surface area (Å²) in [6.45, 7) is 3.71. The van der Waals surface area contributed by atoms with Gasteiger partial charge in [-0.2, -0.15) is 0 Å². The highest BCUT2D eigenvalue weighted by Crippen LogP contribution is 2.16. The largest absolute Gasteiger partial charge is 0.392 e. The fourth-order valence-electron chi connectivity index (χ4n) is 1.58. The van der Waals surface area contributed by atoms with E-state index in [1.165, 1.54) is 0 Å². The van der Waals surface area contributed by atoms with Gasteiger partial charge in [0.15, 0.2) is 5.82 Å². The number of rotatable bonds is 4. The Morgan fingerprint density at radius 3 is 2.59 bits per heavy atom. The fraction of sp³-hybridized carbons (Fsp3) is 0.143. The van der Waals surface area contributed by atoms with Crippen molar-refractivity contribution in [2.24, 2.45) is 0 Å². The number of aromatic nitrogens is 2. The molecule has 0 radical (unpaired) electrons. The Balaban J connectivity index is 2.29. The number of aliphatic hydroxyl groups is 1. The van der Waals surface area contributed by atoms with Crippen LogP contribution < -0.4 is 0 Å². The standard InChI is InChI=1S/C14H14N2O/c1-2-4-12-8-15-14(16-9-12)13-6-3-5-11(7-13)10-17/h2-3,5-9,17H,1,4,10H2. The van der Waals surface area contributed by atoms with E-state index in [1.807, 2.05) is 30.3 Å². The molecule has 2 rings (SSSR count). The Morgan fingerprint density at radius 2 is 1.94 bits per heavy atom. The van der Waals surface area contributed by atoms with Crippen LogP contribution in [0.25, 0.3) is 11.4 Å². The van der Waals surface area contributed by atoms with Crippen molar-refractivity contribution in [2.75, 3.05) is 0 Å². The van der Waals surface area contributed by atoms with E-state index in [0.29, 0.717) is 5.82 Å². The zero-order valence-corrected chi connectivity index (χ0v) is 9.50. The van der Waals surface area contributed by atoms with Crippen molar-refractivity contribution in [1.29, 1.82) is 0 Å². The molecule has 0 bridgehead atoms. The van der Waals surface area contributed by atoms with Crippen LogP contribution in [0.15, 0.2) is 49.3 Å². The minimum atomic E-state index is 0.0301. The summed E-state index contributed by atoms with van der Waals surface area (Å²) in [5, 5.41) is 9.07. The molecule has 1 aromatic carbocycles. The molecular formula is C14H14N2O. The maximum absolute atomic E-state index is 9.07. The summed E-state index contributed by atoms with van der Waals surface area (Å²) in [4.78, 5) is 8.60. The van der Waals surface area contributed by atoms with Crippen LogP contribution in [0.1, 0.15) is 11.1 Å². The molecule has 0 atom stereocenters. The first-order chi connectivity index (χ1) is 8.33. The van der Waals surface area contributed by atoms with E-state index in [9.17, 15) is 0 Å². The summed E-state index contributed by atoms with van der Waals surface area (Å²) in [7, 11) is 0. The quantitative estimate of drug-likeness (QED) is 0.814. The normalized spacial score (nSPS) is 10.2. The zero-order chi connectivity index (χ0) is 12.1. The smallest absolute Gasteiger partial charge is 0.159 e. The number of hydrogen-bond acceptors (Lipinski definition) is 3. The molecular weight excluding hydrogens is 212 g/mol. The lowest BCUT2D eigenvalue weighted by molar-refractivity contribution is 0.282. The molecule has 17 heavy (non-hydrogen) atoms. The molecule has 0 aliphatic carbocycles. The summed E-state index contributed by atoms with van der Waals surface area (Å²) in [6.07, 6.45) is 6.20. The molecule has 0 saturated carbocycles. The predicted molar refractivity (Wildman–Crippen MR) is 67.3 cm³/mol. The molecule has 1 aromatic heterocycles. The first-order valence-electron chi connectivity index (χ1n) is 5.45. The van der Waals surface area contributed by atoms with Crippen LogP contribution in [0.4, 0.5) is 0 Å². The number of hydrogen-bond donors (Lipinski definition) is 1. The van der Waals surface area contributed by atoms with Crippen molar-refractivity contribution in [1.82, 2.24) is 9.97 Å². The second-order valence-electron chi connectivity index (χ2n) is 3.77. The van der Waals surface area contributed by atoms with Gasteiger partial charge in [0.25, 0.3) is 0 Å². The van der Waals surface area contributed by atoms with Gasteiger partial charge in [-0.05, 0) is 23.6 Å². The average molecular weight is 226 g/mol. The van der Waals surface area contributed by atoms with Gasteiger partial charge in [-0.1, -0.05) is 24.3 Å². The topological polar surface area (TPSA) is 46.0 Å². The van der Waals surface area contributed by atoms with Gasteiger partial charge in [0.2, 0.25) is 0 Å². The lowest BCUT2D eigenvalue weighted by Gasteiger charge is -2.03. The molecule has 0 unspecified atom stereocenters. The summed E-state index contributed by atoms with van der Waals surface area (Å²) in [5.74, 6) is 0.674. The van der Waals surface area contributed by atoms with Gasteiger partial charge in [0, 0.05) is 18.0 Å². The number of aliphatic hydroxyl groups excluding tert-OH is 1. The third-order valence-electron chi connectivity index (χ3n) is 2.45. The Labute approximate surface area is 100 Å². The van der Waals surface area contributed by atoms with Crippen molar-refractivity contribution in [3.05, 3.63) is 60.4 Å². The molecule has 0 aliphatic rings. The maximum atomic E-state index is 9.07. The van der Waals surface area contributed by atoms with Gasteiger partial charge in [-0.3, -0.25) is 0 Å². The van der Waals surface area contributed by atoms with E-state index in [0.717, 1.165) is 23.1 Å². The Bertz CT molecular complexity index is 506. The van der Waals surface area contributed by atoms with E-state index in [4.69, 9.17) is 5.11 Å². The third-order valence-corrected chi connectivity index (χ3v) is 2.45. The van der Waals surface area contributed by atoms with Gasteiger partial charge < -0.3 is 5.11 Å². The highest BCUT2D eigenvalue weighted by atomic mass is 16.3. The molecule has 0 fully saturated rings. The van der Waals surface area contributed by atoms with E-state index in [2.05, 4.69) is 16.5 Å². The summed E-state index contributed by atoms with van der Waals surface area (Å²) in [6, 6.07) is 7.58. The number of nitrogens with zero attached hydrogens (tertiary/aromatic N) is 2. The lowest BCUT2D eigenvalue weighted by Crippen LogP contribution is -1.92. The van der Waals surface area contributed by atoms with E-state index < -0.39 is 0 Å². The highest BCUT2D eigenvalue weighted by molar-refractivity contribution is 5.55. The Hall–Kier alpha value is -2.00. The summed E-state index contributed by atoms with van der Waals surface area (Å²) >= 11 is 0. The van der Waals surface area contributed by atoms with Gasteiger partial charge in [0.1, 0.15) is 0 Å². The van der Waals surface area contributed by atoms with Crippen LogP contribution in [-0.2, 0) is 13.0 Å². The van der Waals surface area contributed by atoms with Gasteiger partial charge in [-0.25, -0.2) is 9.97 Å². The van der Waals surface area contributed by atoms with Crippen molar-refractivity contribution in [2.45, 2.75) is 13.0 Å². The SMILES string of the molecule is C=CCc1cnc(-c2cccc(CO)c2)nc1. The molecule has 3 nitrogen and oxygen atoms in total. The number of allylic oxidation sites excluding steroid dienone is 1. The molecule has 0 saturated heterocycles. The van der Waals surface area contributed by atoms with Gasteiger partial charge in [0.05, 0.1) is 6.61 Å². The van der Waals surface area contributed by atoms with E-state index in [-0.39, 0.29) is 6.61 Å². The molecule has 1 N–H and O–H groups in total. The van der Waals surface area contributed by atoms with Gasteiger partial charge >= 0.3 is 0 Å². The molecule has 1 heterocycles. The Morgan fingerprint density at radius 1 is 1.18 bits per heavy atom. The maximum Gasteiger partial charge on any atom is 0.159 e. The van der Waals surface area contributed by atoms with E-state index in [1.54, 1.807) is 12.4 Å². The van der Waals surface area contributed by atoms with Crippen LogP contribution in [0, 0.1) is 0 Å². The predicted octanol–water partition coefficient (Wildman–Crippen LogP) is 2.36. The molecule has 86 valence electrons. The molecule has 0 aliphatic heterocycles.